The Bertz CT molecular complexity index is 1070. The van der Waals surface area contributed by atoms with Gasteiger partial charge in [-0.3, -0.25) is 4.79 Å². The van der Waals surface area contributed by atoms with Gasteiger partial charge in [0.1, 0.15) is 19.8 Å². The molecule has 1 heterocycles. The van der Waals surface area contributed by atoms with Crippen LogP contribution in [-0.4, -0.2) is 40.3 Å². The number of fused-ring (bicyclic) bond motifs is 1. The van der Waals surface area contributed by atoms with Crippen LogP contribution >= 0.6 is 0 Å². The Hall–Kier alpha value is -2.79. The summed E-state index contributed by atoms with van der Waals surface area (Å²) >= 11 is 0. The molecule has 0 fully saturated rings. The van der Waals surface area contributed by atoms with E-state index in [-0.39, 0.29) is 10.5 Å². The molecule has 2 aromatic carbocycles. The van der Waals surface area contributed by atoms with Gasteiger partial charge < -0.3 is 14.8 Å². The molecule has 0 bridgehead atoms. The van der Waals surface area contributed by atoms with E-state index >= 15 is 0 Å². The number of carbonyl (C=O) groups is 1. The summed E-state index contributed by atoms with van der Waals surface area (Å²) in [6.45, 7) is 2.71. The highest BCUT2D eigenvalue weighted by Crippen LogP contribution is 2.34. The minimum atomic E-state index is -4.54. The Kier molecular flexibility index (Phi) is 6.19. The van der Waals surface area contributed by atoms with Crippen molar-refractivity contribution in [3.63, 3.8) is 0 Å². The Labute approximate surface area is 177 Å². The number of rotatable bonds is 6. The molecule has 0 aromatic heterocycles. The summed E-state index contributed by atoms with van der Waals surface area (Å²) in [6, 6.07) is 9.74. The number of nitrogens with one attached hydrogen (secondary N) is 2. The van der Waals surface area contributed by atoms with E-state index in [1.54, 1.807) is 37.4 Å². The molecule has 31 heavy (non-hydrogen) atoms. The second-order valence-electron chi connectivity index (χ2n) is 7.41. The molecule has 11 heteroatoms. The quantitative estimate of drug-likeness (QED) is 0.694. The van der Waals surface area contributed by atoms with Crippen LogP contribution < -0.4 is 19.5 Å². The van der Waals surface area contributed by atoms with E-state index in [9.17, 15) is 26.4 Å². The molecule has 1 aliphatic rings. The maximum absolute atomic E-state index is 12.8. The van der Waals surface area contributed by atoms with Gasteiger partial charge in [0.15, 0.2) is 11.5 Å². The Balaban J connectivity index is 1.74. The second-order valence-corrected chi connectivity index (χ2v) is 9.09. The number of ether oxygens (including phenoxy) is 2. The number of amides is 1. The molecule has 0 saturated heterocycles. The fourth-order valence-electron chi connectivity index (χ4n) is 2.95. The number of sulfonamides is 1. The van der Waals surface area contributed by atoms with Crippen molar-refractivity contribution in [2.24, 2.45) is 0 Å². The molecule has 168 valence electrons. The van der Waals surface area contributed by atoms with Crippen molar-refractivity contribution in [1.82, 2.24) is 10.0 Å². The van der Waals surface area contributed by atoms with Crippen molar-refractivity contribution in [3.05, 3.63) is 53.6 Å². The van der Waals surface area contributed by atoms with Crippen molar-refractivity contribution in [2.75, 3.05) is 19.8 Å². The smallest absolute Gasteiger partial charge is 0.405 e. The van der Waals surface area contributed by atoms with Gasteiger partial charge in [-0.15, -0.1) is 0 Å². The van der Waals surface area contributed by atoms with Gasteiger partial charge in [0.25, 0.3) is 5.91 Å². The topological polar surface area (TPSA) is 93.7 Å². The fraction of sp³-hybridized carbons (Fsp3) is 0.350. The first-order valence-electron chi connectivity index (χ1n) is 9.26. The van der Waals surface area contributed by atoms with Crippen LogP contribution in [0.3, 0.4) is 0 Å². The molecule has 2 aromatic rings. The van der Waals surface area contributed by atoms with Crippen LogP contribution in [-0.2, 0) is 15.6 Å². The SMILES string of the molecule is CC(C)(NS(=O)(=O)c1ccc(C(=O)NCC(F)(F)F)cc1)c1ccc2c(c1)OCCO2. The zero-order chi connectivity index (χ0) is 22.9. The molecular weight excluding hydrogens is 437 g/mol. The third kappa shape index (κ3) is 5.67. The first kappa shape index (κ1) is 22.9. The highest BCUT2D eigenvalue weighted by molar-refractivity contribution is 7.89. The molecule has 1 amide bonds. The highest BCUT2D eigenvalue weighted by atomic mass is 32.2. The fourth-order valence-corrected chi connectivity index (χ4v) is 4.36. The number of hydrogen-bond donors (Lipinski definition) is 2. The average Bonchev–Trinajstić information content (AvgIpc) is 2.70. The second kappa shape index (κ2) is 8.39. The Morgan fingerprint density at radius 3 is 2.23 bits per heavy atom. The van der Waals surface area contributed by atoms with Crippen LogP contribution in [0.1, 0.15) is 29.8 Å². The van der Waals surface area contributed by atoms with E-state index in [4.69, 9.17) is 9.47 Å². The van der Waals surface area contributed by atoms with Crippen LogP contribution in [0.15, 0.2) is 47.4 Å². The van der Waals surface area contributed by atoms with E-state index in [0.717, 1.165) is 24.3 Å². The summed E-state index contributed by atoms with van der Waals surface area (Å²) in [4.78, 5) is 11.7. The zero-order valence-electron chi connectivity index (χ0n) is 16.7. The number of carbonyl (C=O) groups excluding carboxylic acids is 1. The predicted molar refractivity (Wildman–Crippen MR) is 106 cm³/mol. The van der Waals surface area contributed by atoms with Crippen molar-refractivity contribution in [2.45, 2.75) is 30.5 Å². The van der Waals surface area contributed by atoms with Crippen molar-refractivity contribution < 1.29 is 35.9 Å². The number of hydrogen-bond acceptors (Lipinski definition) is 5. The molecule has 0 spiro atoms. The summed E-state index contributed by atoms with van der Waals surface area (Å²) in [7, 11) is -4.00. The molecule has 0 unspecified atom stereocenters. The molecule has 0 saturated carbocycles. The molecule has 2 N–H and O–H groups in total. The van der Waals surface area contributed by atoms with Gasteiger partial charge in [0.2, 0.25) is 10.0 Å². The van der Waals surface area contributed by atoms with Crippen LogP contribution in [0.4, 0.5) is 13.2 Å². The summed E-state index contributed by atoms with van der Waals surface area (Å²) < 4.78 is 75.9. The lowest BCUT2D eigenvalue weighted by atomic mass is 9.95. The van der Waals surface area contributed by atoms with Crippen LogP contribution in [0.25, 0.3) is 0 Å². The maximum Gasteiger partial charge on any atom is 0.405 e. The van der Waals surface area contributed by atoms with Gasteiger partial charge in [-0.2, -0.15) is 13.2 Å². The minimum Gasteiger partial charge on any atom is -0.486 e. The molecule has 0 aliphatic carbocycles. The third-order valence-electron chi connectivity index (χ3n) is 4.53. The lowest BCUT2D eigenvalue weighted by Gasteiger charge is -2.28. The molecular formula is C20H21F3N2O5S. The van der Waals surface area contributed by atoms with Crippen molar-refractivity contribution >= 4 is 15.9 Å². The van der Waals surface area contributed by atoms with Gasteiger partial charge >= 0.3 is 6.18 Å². The summed E-state index contributed by atoms with van der Waals surface area (Å²) in [5, 5.41) is 1.73. The molecule has 1 aliphatic heterocycles. The summed E-state index contributed by atoms with van der Waals surface area (Å²) in [5.41, 5.74) is -0.463. The minimum absolute atomic E-state index is 0.0886. The normalized spacial score (nSPS) is 14.2. The lowest BCUT2D eigenvalue weighted by Crippen LogP contribution is -2.41. The number of alkyl halides is 3. The Morgan fingerprint density at radius 2 is 1.61 bits per heavy atom. The maximum atomic E-state index is 12.8. The monoisotopic (exact) mass is 458 g/mol. The molecule has 0 radical (unpaired) electrons. The van der Waals surface area contributed by atoms with Gasteiger partial charge in [-0.1, -0.05) is 6.07 Å². The van der Waals surface area contributed by atoms with Crippen LogP contribution in [0.5, 0.6) is 11.5 Å². The summed E-state index contributed by atoms with van der Waals surface area (Å²) in [6.07, 6.45) is -4.54. The molecule has 3 rings (SSSR count). The van der Waals surface area contributed by atoms with Gasteiger partial charge in [-0.05, 0) is 55.8 Å². The van der Waals surface area contributed by atoms with E-state index in [1.807, 2.05) is 0 Å². The first-order chi connectivity index (χ1) is 14.4. The third-order valence-corrected chi connectivity index (χ3v) is 6.20. The van der Waals surface area contributed by atoms with Gasteiger partial charge in [0, 0.05) is 5.56 Å². The lowest BCUT2D eigenvalue weighted by molar-refractivity contribution is -0.123. The van der Waals surface area contributed by atoms with Crippen molar-refractivity contribution in [1.29, 1.82) is 0 Å². The largest absolute Gasteiger partial charge is 0.486 e. The van der Waals surface area contributed by atoms with E-state index in [1.165, 1.54) is 0 Å². The van der Waals surface area contributed by atoms with E-state index < -0.39 is 34.2 Å². The van der Waals surface area contributed by atoms with E-state index in [0.29, 0.717) is 30.3 Å². The van der Waals surface area contributed by atoms with E-state index in [2.05, 4.69) is 4.72 Å². The summed E-state index contributed by atoms with van der Waals surface area (Å²) in [5.74, 6) is 0.143. The zero-order valence-corrected chi connectivity index (χ0v) is 17.6. The highest BCUT2D eigenvalue weighted by Gasteiger charge is 2.30. The average molecular weight is 458 g/mol. The van der Waals surface area contributed by atoms with Gasteiger partial charge in [-0.25, -0.2) is 13.1 Å². The number of halogens is 3. The Morgan fingerprint density at radius 1 is 1.00 bits per heavy atom. The first-order valence-corrected chi connectivity index (χ1v) is 10.7. The van der Waals surface area contributed by atoms with Crippen molar-refractivity contribution in [3.8, 4) is 11.5 Å². The van der Waals surface area contributed by atoms with Crippen LogP contribution in [0.2, 0.25) is 0 Å². The molecule has 7 nitrogen and oxygen atoms in total. The van der Waals surface area contributed by atoms with Crippen LogP contribution in [0, 0.1) is 0 Å². The van der Waals surface area contributed by atoms with Gasteiger partial charge in [0.05, 0.1) is 10.4 Å². The number of benzene rings is 2. The predicted octanol–water partition coefficient (Wildman–Crippen LogP) is 2.96. The standard InChI is InChI=1S/C20H21F3N2O5S/c1-19(2,14-5-8-16-17(11-14)30-10-9-29-16)25-31(27,28)15-6-3-13(4-7-15)18(26)24-12-20(21,22)23/h3-8,11,25H,9-10,12H2,1-2H3,(H,24,26). The molecule has 0 atom stereocenters.